The van der Waals surface area contributed by atoms with Crippen LogP contribution in [0.1, 0.15) is 25.6 Å². The number of hydrogen-bond donors (Lipinski definition) is 1. The van der Waals surface area contributed by atoms with Crippen molar-refractivity contribution in [3.63, 3.8) is 0 Å². The van der Waals surface area contributed by atoms with E-state index in [4.69, 9.17) is 9.26 Å². The van der Waals surface area contributed by atoms with E-state index in [9.17, 15) is 4.79 Å². The molecule has 0 fully saturated rings. The van der Waals surface area contributed by atoms with E-state index in [1.807, 2.05) is 31.3 Å². The molecule has 0 bridgehead atoms. The number of nitrogens with zero attached hydrogens (tertiary/aromatic N) is 3. The Labute approximate surface area is 153 Å². The molecule has 3 rings (SSSR count). The van der Waals surface area contributed by atoms with Crippen LogP contribution in [0.2, 0.25) is 0 Å². The Morgan fingerprint density at radius 1 is 1.36 bits per heavy atom. The van der Waals surface area contributed by atoms with Gasteiger partial charge in [0.2, 0.25) is 5.89 Å². The van der Waals surface area contributed by atoms with Crippen molar-refractivity contribution in [3.8, 4) is 5.75 Å². The number of amides is 1. The second kappa shape index (κ2) is 8.31. The number of benzene rings is 1. The minimum Gasteiger partial charge on any atom is -0.479 e. The number of likely N-dealkylation sites (N-methyl/N-ethyl adjacent to an activating group) is 1. The highest BCUT2D eigenvalue weighted by Gasteiger charge is 2.31. The van der Waals surface area contributed by atoms with E-state index in [0.29, 0.717) is 31.1 Å². The lowest BCUT2D eigenvalue weighted by atomic mass is 10.2. The Kier molecular flexibility index (Phi) is 6.39. The molecule has 136 valence electrons. The summed E-state index contributed by atoms with van der Waals surface area (Å²) in [6, 6.07) is 7.82. The number of halogens is 1. The first-order chi connectivity index (χ1) is 11.6. The zero-order valence-corrected chi connectivity index (χ0v) is 15.4. The third-order valence-corrected chi connectivity index (χ3v) is 4.11. The number of carbonyl (C=O) groups is 1. The van der Waals surface area contributed by atoms with Gasteiger partial charge in [0.05, 0.1) is 5.69 Å². The molecule has 1 amide bonds. The Morgan fingerprint density at radius 3 is 2.88 bits per heavy atom. The van der Waals surface area contributed by atoms with Crippen molar-refractivity contribution in [1.29, 1.82) is 0 Å². The quantitative estimate of drug-likeness (QED) is 0.842. The predicted octanol–water partition coefficient (Wildman–Crippen LogP) is 2.00. The van der Waals surface area contributed by atoms with Gasteiger partial charge in [-0.2, -0.15) is 4.98 Å². The number of fused-ring (bicyclic) bond motifs is 1. The highest BCUT2D eigenvalue weighted by atomic mass is 35.5. The maximum atomic E-state index is 12.4. The monoisotopic (exact) mass is 366 g/mol. The average Bonchev–Trinajstić information content (AvgIpc) is 3.02. The molecule has 0 radical (unpaired) electrons. The van der Waals surface area contributed by atoms with Gasteiger partial charge in [0.1, 0.15) is 5.75 Å². The summed E-state index contributed by atoms with van der Waals surface area (Å²) in [6.45, 7) is 4.29. The standard InChI is InChI=1S/C17H22N4O3.ClH/c1-11(18-3)10-15-19-16(24-20-15)8-9-21-13-6-4-5-7-14(13)23-12(2)17(21)22;/h4-7,11-12,18H,8-10H2,1-3H3;1H. The van der Waals surface area contributed by atoms with Crippen molar-refractivity contribution < 1.29 is 14.1 Å². The van der Waals surface area contributed by atoms with Gasteiger partial charge >= 0.3 is 0 Å². The summed E-state index contributed by atoms with van der Waals surface area (Å²) in [7, 11) is 1.90. The number of rotatable bonds is 6. The van der Waals surface area contributed by atoms with Gasteiger partial charge in [-0.25, -0.2) is 0 Å². The van der Waals surface area contributed by atoms with Crippen molar-refractivity contribution in [2.24, 2.45) is 0 Å². The lowest BCUT2D eigenvalue weighted by Crippen LogP contribution is -2.45. The summed E-state index contributed by atoms with van der Waals surface area (Å²) in [6.07, 6.45) is 0.721. The van der Waals surface area contributed by atoms with Crippen molar-refractivity contribution in [2.45, 2.75) is 38.8 Å². The van der Waals surface area contributed by atoms with Crippen LogP contribution in [-0.4, -0.2) is 41.8 Å². The van der Waals surface area contributed by atoms with Gasteiger partial charge in [-0.3, -0.25) is 4.79 Å². The number of hydrogen-bond acceptors (Lipinski definition) is 6. The van der Waals surface area contributed by atoms with E-state index in [1.54, 1.807) is 11.8 Å². The van der Waals surface area contributed by atoms with E-state index in [2.05, 4.69) is 22.4 Å². The van der Waals surface area contributed by atoms with Crippen molar-refractivity contribution >= 4 is 24.0 Å². The van der Waals surface area contributed by atoms with E-state index >= 15 is 0 Å². The number of aromatic nitrogens is 2. The molecule has 1 aromatic carbocycles. The van der Waals surface area contributed by atoms with Crippen LogP contribution < -0.4 is 15.0 Å². The molecule has 2 atom stereocenters. The van der Waals surface area contributed by atoms with Crippen molar-refractivity contribution in [2.75, 3.05) is 18.5 Å². The second-order valence-corrected chi connectivity index (χ2v) is 5.97. The van der Waals surface area contributed by atoms with Gasteiger partial charge < -0.3 is 19.5 Å². The van der Waals surface area contributed by atoms with Crippen LogP contribution in [-0.2, 0) is 17.6 Å². The first-order valence-corrected chi connectivity index (χ1v) is 8.14. The molecule has 1 aromatic heterocycles. The van der Waals surface area contributed by atoms with Crippen LogP contribution in [0.4, 0.5) is 5.69 Å². The third-order valence-electron chi connectivity index (χ3n) is 4.11. The average molecular weight is 367 g/mol. The second-order valence-electron chi connectivity index (χ2n) is 5.97. The smallest absolute Gasteiger partial charge is 0.267 e. The molecule has 2 unspecified atom stereocenters. The third kappa shape index (κ3) is 4.29. The Balaban J connectivity index is 0.00000225. The summed E-state index contributed by atoms with van der Waals surface area (Å²) >= 11 is 0. The van der Waals surface area contributed by atoms with Gasteiger partial charge in [0.15, 0.2) is 11.9 Å². The van der Waals surface area contributed by atoms with Gasteiger partial charge in [0, 0.05) is 25.4 Å². The fourth-order valence-electron chi connectivity index (χ4n) is 2.65. The first kappa shape index (κ1) is 19.2. The van der Waals surface area contributed by atoms with E-state index in [-0.39, 0.29) is 24.4 Å². The largest absolute Gasteiger partial charge is 0.479 e. The fourth-order valence-corrected chi connectivity index (χ4v) is 2.65. The van der Waals surface area contributed by atoms with E-state index in [1.165, 1.54) is 0 Å². The summed E-state index contributed by atoms with van der Waals surface area (Å²) in [5.74, 6) is 1.88. The maximum absolute atomic E-state index is 12.4. The van der Waals surface area contributed by atoms with Gasteiger partial charge in [-0.15, -0.1) is 12.4 Å². The van der Waals surface area contributed by atoms with Crippen LogP contribution in [0.3, 0.4) is 0 Å². The summed E-state index contributed by atoms with van der Waals surface area (Å²) < 4.78 is 10.9. The molecule has 8 heteroatoms. The highest BCUT2D eigenvalue weighted by molar-refractivity contribution is 5.99. The minimum atomic E-state index is -0.491. The zero-order chi connectivity index (χ0) is 17.1. The molecule has 0 spiro atoms. The van der Waals surface area contributed by atoms with Crippen molar-refractivity contribution in [1.82, 2.24) is 15.5 Å². The normalized spacial score (nSPS) is 17.5. The summed E-state index contributed by atoms with van der Waals surface area (Å²) in [4.78, 5) is 18.5. The van der Waals surface area contributed by atoms with Crippen LogP contribution in [0.5, 0.6) is 5.75 Å². The Hall–Kier alpha value is -2.12. The van der Waals surface area contributed by atoms with E-state index < -0.39 is 6.10 Å². The Morgan fingerprint density at radius 2 is 2.12 bits per heavy atom. The topological polar surface area (TPSA) is 80.5 Å². The molecule has 1 aliphatic rings. The molecule has 0 saturated carbocycles. The number of anilines is 1. The van der Waals surface area contributed by atoms with E-state index in [0.717, 1.165) is 11.4 Å². The lowest BCUT2D eigenvalue weighted by molar-refractivity contribution is -0.125. The molecule has 7 nitrogen and oxygen atoms in total. The maximum Gasteiger partial charge on any atom is 0.267 e. The van der Waals surface area contributed by atoms with Crippen LogP contribution in [0.15, 0.2) is 28.8 Å². The highest BCUT2D eigenvalue weighted by Crippen LogP contribution is 2.33. The van der Waals surface area contributed by atoms with Crippen molar-refractivity contribution in [3.05, 3.63) is 36.0 Å². The summed E-state index contributed by atoms with van der Waals surface area (Å²) in [5.41, 5.74) is 0.782. The van der Waals surface area contributed by atoms with Gasteiger partial charge in [0.25, 0.3) is 5.91 Å². The van der Waals surface area contributed by atoms with Gasteiger partial charge in [-0.05, 0) is 33.0 Å². The molecule has 2 heterocycles. The first-order valence-electron chi connectivity index (χ1n) is 8.14. The molecule has 1 aliphatic heterocycles. The Bertz CT molecular complexity index is 721. The zero-order valence-electron chi connectivity index (χ0n) is 14.6. The number of carbonyl (C=O) groups excluding carboxylic acids is 1. The predicted molar refractivity (Wildman–Crippen MR) is 96.4 cm³/mol. The molecule has 25 heavy (non-hydrogen) atoms. The summed E-state index contributed by atoms with van der Waals surface area (Å²) in [5, 5.41) is 7.13. The molecular weight excluding hydrogens is 344 g/mol. The van der Waals surface area contributed by atoms with Gasteiger partial charge in [-0.1, -0.05) is 17.3 Å². The molecule has 0 aliphatic carbocycles. The fraction of sp³-hybridized carbons (Fsp3) is 0.471. The molecular formula is C17H23ClN4O3. The van der Waals surface area contributed by atoms with Crippen LogP contribution in [0, 0.1) is 0 Å². The molecule has 2 aromatic rings. The minimum absolute atomic E-state index is 0. The number of nitrogens with one attached hydrogen (secondary N) is 1. The molecule has 0 saturated heterocycles. The lowest BCUT2D eigenvalue weighted by Gasteiger charge is -2.32. The molecule has 1 N–H and O–H groups in total. The number of ether oxygens (including phenoxy) is 1. The number of para-hydroxylation sites is 2. The van der Waals surface area contributed by atoms with Crippen LogP contribution >= 0.6 is 12.4 Å². The SMILES string of the molecule is CNC(C)Cc1noc(CCN2C(=O)C(C)Oc3ccccc32)n1.Cl. The van der Waals surface area contributed by atoms with Crippen LogP contribution in [0.25, 0.3) is 0 Å².